The van der Waals surface area contributed by atoms with Crippen LogP contribution in [0.15, 0.2) is 23.8 Å². The van der Waals surface area contributed by atoms with Crippen LogP contribution in [-0.4, -0.2) is 210 Å². The van der Waals surface area contributed by atoms with E-state index >= 15 is 4.39 Å². The fourth-order valence-corrected chi connectivity index (χ4v) is 12.4. The number of alkyl halides is 1. The van der Waals surface area contributed by atoms with Gasteiger partial charge in [-0.2, -0.15) is 0 Å². The number of nitrogens with two attached hydrogens (primary N) is 2. The van der Waals surface area contributed by atoms with Gasteiger partial charge in [0.25, 0.3) is 0 Å². The van der Waals surface area contributed by atoms with Crippen LogP contribution in [0, 0.1) is 39.4 Å². The molecule has 7 aliphatic rings. The van der Waals surface area contributed by atoms with Gasteiger partial charge in [0.2, 0.25) is 0 Å². The number of aldehydes is 1. The summed E-state index contributed by atoms with van der Waals surface area (Å²) in [5.74, 6) is -3.41. The zero-order chi connectivity index (χ0) is 50.8. The molecule has 19 N–H and O–H groups in total. The third kappa shape index (κ3) is 8.38. The fraction of sp³-hybridized carbons (Fsp3) is 0.791. The van der Waals surface area contributed by atoms with Gasteiger partial charge >= 0.3 is 0 Å². The van der Waals surface area contributed by atoms with E-state index in [1.54, 1.807) is 26.8 Å². The number of carbonyl (C=O) groups excluding carboxylic acids is 3. The number of hydrogen-bond acceptors (Lipinski definition) is 20. The highest BCUT2D eigenvalue weighted by Gasteiger charge is 2.75. The summed E-state index contributed by atoms with van der Waals surface area (Å²) in [6.45, 7) is 5.09. The summed E-state index contributed by atoms with van der Waals surface area (Å²) in [7, 11) is 1.41. The number of fused-ring (bicyclic) bond motifs is 5. The minimum Gasteiger partial charge on any atom is -0.394 e. The van der Waals surface area contributed by atoms with Crippen molar-refractivity contribution in [3.8, 4) is 0 Å². The maximum Gasteiger partial charge on any atom is 0.190 e. The predicted molar refractivity (Wildman–Crippen MR) is 231 cm³/mol. The molecule has 0 aromatic heterocycles. The molecule has 0 bridgehead atoms. The van der Waals surface area contributed by atoms with E-state index in [9.17, 15) is 65.4 Å². The summed E-state index contributed by atoms with van der Waals surface area (Å²) < 4.78 is 39.8. The number of ketones is 2. The Kier molecular flexibility index (Phi) is 15.4. The molecule has 0 unspecified atom stereocenters. The second kappa shape index (κ2) is 19.5. The molecule has 384 valence electrons. The molecule has 23 atom stereocenters. The van der Waals surface area contributed by atoms with Crippen molar-refractivity contribution in [1.29, 1.82) is 10.8 Å². The van der Waals surface area contributed by atoms with Crippen molar-refractivity contribution in [2.24, 2.45) is 40.1 Å². The number of aliphatic hydroxyl groups is 10. The second-order valence-electron chi connectivity index (χ2n) is 19.7. The Labute approximate surface area is 390 Å². The van der Waals surface area contributed by atoms with Gasteiger partial charge in [0.05, 0.1) is 43.0 Å². The lowest BCUT2D eigenvalue weighted by molar-refractivity contribution is -0.314. The number of Topliss-reactive ketones (excluding diaryl/α,β-unsaturated/α-hetero) is 1. The fourth-order valence-electron chi connectivity index (χ4n) is 12.4. The lowest BCUT2D eigenvalue weighted by atomic mass is 9.44. The number of carbonyl (C=O) groups is 3. The monoisotopic (exact) mass is 973 g/mol. The number of likely N-dealkylation sites (N-methyl/N-ethyl adjacent to an activating group) is 1. The molecule has 24 nitrogen and oxygen atoms in total. The van der Waals surface area contributed by atoms with E-state index in [0.717, 1.165) is 0 Å². The summed E-state index contributed by atoms with van der Waals surface area (Å²) >= 11 is 0. The predicted octanol–water partition coefficient (Wildman–Crippen LogP) is -5.85. The first-order valence-corrected chi connectivity index (χ1v) is 22.6. The van der Waals surface area contributed by atoms with Crippen LogP contribution in [0.2, 0.25) is 0 Å². The summed E-state index contributed by atoms with van der Waals surface area (Å²) in [5, 5.41) is 128. The van der Waals surface area contributed by atoms with E-state index in [4.69, 9.17) is 41.2 Å². The standard InChI is InChI=1S/C22H29FO5.C21H39N7O12/c1-12-8-16-15-5-4-13-9-14(25)6-7-19(13,2)21(15,23)17(26)10-20(16,3)22(12,28)18(27)11-24;1-5-21(36,4-30)16(40-17-9(26-2)13(34)10(31)6(3-29)38-17)18(37-5)39-15-8(28-20(24)25)11(32)7(27-19(22)23)12(33)14(15)35/h6-7,9,12,15-17,24,26,28H,4-5,8,10-11H2,1-3H3;4-18,26,29,31-36H,3H2,1-2H3,(H4,22,23,27)(H4,24,25,28)/t12-,15+,16+,17+,19+,20+,21+,22+;5-,6-,7+,8-,9-,10-,11+,12-,13-,14+,15+,16-,17-,18-,21+/m10/s1. The molecule has 0 spiro atoms. The van der Waals surface area contributed by atoms with Crippen LogP contribution in [0.3, 0.4) is 0 Å². The van der Waals surface area contributed by atoms with Crippen LogP contribution in [0.5, 0.6) is 0 Å². The van der Waals surface area contributed by atoms with Gasteiger partial charge in [0, 0.05) is 16.7 Å². The number of allylic oxidation sites excluding steroid dienone is 4. The maximum absolute atomic E-state index is 16.9. The van der Waals surface area contributed by atoms with Crippen LogP contribution >= 0.6 is 0 Å². The summed E-state index contributed by atoms with van der Waals surface area (Å²) in [6, 6.07) is -3.95. The van der Waals surface area contributed by atoms with Crippen molar-refractivity contribution in [1.82, 2.24) is 16.0 Å². The van der Waals surface area contributed by atoms with Gasteiger partial charge < -0.3 is 97.4 Å². The molecule has 2 saturated heterocycles. The van der Waals surface area contributed by atoms with Crippen molar-refractivity contribution in [2.75, 3.05) is 20.3 Å². The molecule has 6 fully saturated rings. The largest absolute Gasteiger partial charge is 0.394 e. The van der Waals surface area contributed by atoms with E-state index in [-0.39, 0.29) is 24.4 Å². The van der Waals surface area contributed by atoms with Crippen molar-refractivity contribution in [3.63, 3.8) is 0 Å². The Bertz CT molecular complexity index is 2010. The lowest BCUT2D eigenvalue weighted by Crippen LogP contribution is -2.73. The van der Waals surface area contributed by atoms with Crippen LogP contribution < -0.4 is 27.4 Å². The van der Waals surface area contributed by atoms with Gasteiger partial charge in [-0.1, -0.05) is 25.5 Å². The third-order valence-electron chi connectivity index (χ3n) is 16.2. The summed E-state index contributed by atoms with van der Waals surface area (Å²) in [6.07, 6.45) is -12.8. The minimum atomic E-state index is -2.39. The number of guanidine groups is 2. The van der Waals surface area contributed by atoms with Gasteiger partial charge in [-0.05, 0) is 70.6 Å². The highest BCUT2D eigenvalue weighted by atomic mass is 19.1. The van der Waals surface area contributed by atoms with E-state index in [1.807, 2.05) is 0 Å². The van der Waals surface area contributed by atoms with Crippen LogP contribution in [0.4, 0.5) is 4.39 Å². The lowest BCUT2D eigenvalue weighted by Gasteiger charge is -2.62. The molecule has 0 aromatic carbocycles. The Morgan fingerprint density at radius 3 is 2.10 bits per heavy atom. The molecule has 25 heteroatoms. The zero-order valence-corrected chi connectivity index (χ0v) is 38.3. The summed E-state index contributed by atoms with van der Waals surface area (Å²) in [5.41, 5.74) is 3.21. The Balaban J connectivity index is 0.000000237. The molecule has 0 amide bonds. The number of halogens is 1. The number of hydrogen-bond donors (Lipinski definition) is 17. The van der Waals surface area contributed by atoms with Gasteiger partial charge in [0.15, 0.2) is 53.6 Å². The second-order valence-corrected chi connectivity index (χ2v) is 19.7. The van der Waals surface area contributed by atoms with Crippen molar-refractivity contribution in [2.45, 2.75) is 162 Å². The number of rotatable bonds is 11. The van der Waals surface area contributed by atoms with Crippen molar-refractivity contribution in [3.05, 3.63) is 23.8 Å². The molecule has 4 saturated carbocycles. The van der Waals surface area contributed by atoms with Crippen LogP contribution in [-0.2, 0) is 33.3 Å². The Hall–Kier alpha value is -3.64. The number of nitrogens with one attached hydrogen (secondary N) is 5. The van der Waals surface area contributed by atoms with Gasteiger partial charge in [-0.25, -0.2) is 4.39 Å². The molecular weight excluding hydrogens is 906 g/mol. The molecule has 0 radical (unpaired) electrons. The highest BCUT2D eigenvalue weighted by Crippen LogP contribution is 2.70. The van der Waals surface area contributed by atoms with Gasteiger partial charge in [-0.3, -0.25) is 25.2 Å². The summed E-state index contributed by atoms with van der Waals surface area (Å²) in [4.78, 5) is 36.4. The van der Waals surface area contributed by atoms with Crippen LogP contribution in [0.25, 0.3) is 0 Å². The van der Waals surface area contributed by atoms with Crippen molar-refractivity contribution < 1.29 is 88.8 Å². The Morgan fingerprint density at radius 2 is 1.53 bits per heavy atom. The average molecular weight is 974 g/mol. The number of ether oxygens (including phenoxy) is 4. The minimum absolute atomic E-state index is 0.0676. The molecular formula is C43H68FN7O17. The normalized spacial score (nSPS) is 49.5. The van der Waals surface area contributed by atoms with E-state index in [1.165, 1.54) is 26.1 Å². The topological polar surface area (TPSA) is 426 Å². The molecule has 68 heavy (non-hydrogen) atoms. The third-order valence-corrected chi connectivity index (χ3v) is 16.2. The first kappa shape index (κ1) is 53.7. The van der Waals surface area contributed by atoms with E-state index < -0.39 is 162 Å². The average Bonchev–Trinajstić information content (AvgIpc) is 3.64. The maximum atomic E-state index is 16.9. The first-order valence-electron chi connectivity index (χ1n) is 22.6. The molecule has 5 aliphatic carbocycles. The van der Waals surface area contributed by atoms with Crippen LogP contribution in [0.1, 0.15) is 53.4 Å². The molecule has 7 rings (SSSR count). The Morgan fingerprint density at radius 1 is 0.912 bits per heavy atom. The quantitative estimate of drug-likeness (QED) is 0.0521. The molecule has 2 aliphatic heterocycles. The van der Waals surface area contributed by atoms with E-state index in [0.29, 0.717) is 24.8 Å². The van der Waals surface area contributed by atoms with E-state index in [2.05, 4.69) is 16.0 Å². The SMILES string of the molecule is CN[C@@H]1[C@H](O[C@H]2[C@H](O[C@H]3[C@H](O)[C@@H](O)[C@H](NC(=N)N)[C@@H](O)[C@@H]3NC(=N)N)O[C@@H](C)[C@]2(O)C=O)O[C@@H](CO)[C@H](O)[C@H]1O.C[C@@H]1C[C@H]2[C@@H]3CCC4=CC(=O)C=C[C@]4(C)[C@@]3(F)[C@@H](O)C[C@]2(C)[C@@]1(O)C(=O)CO. The zero-order valence-electron chi connectivity index (χ0n) is 38.3. The molecule has 0 aromatic rings. The van der Waals surface area contributed by atoms with Gasteiger partial charge in [-0.15, -0.1) is 0 Å². The van der Waals surface area contributed by atoms with Gasteiger partial charge in [0.1, 0.15) is 54.9 Å². The number of aliphatic hydroxyl groups excluding tert-OH is 8. The van der Waals surface area contributed by atoms with Crippen molar-refractivity contribution >= 4 is 29.8 Å². The highest BCUT2D eigenvalue weighted by molar-refractivity contribution is 6.01. The smallest absolute Gasteiger partial charge is 0.190 e. The molecule has 2 heterocycles. The first-order chi connectivity index (χ1) is 31.7.